The number of hydrogen-bond donors (Lipinski definition) is 2. The molecule has 3 rings (SSSR count). The molecule has 2 amide bonds. The summed E-state index contributed by atoms with van der Waals surface area (Å²) in [7, 11) is 2.94. The number of methoxy groups -OCH3 is 2. The average molecular weight is 373 g/mol. The van der Waals surface area contributed by atoms with E-state index in [2.05, 4.69) is 22.5 Å². The van der Waals surface area contributed by atoms with Crippen molar-refractivity contribution >= 4 is 12.0 Å². The highest BCUT2D eigenvalue weighted by molar-refractivity contribution is 5.95. The molecular weight excluding hydrogens is 346 g/mol. The van der Waals surface area contributed by atoms with Crippen molar-refractivity contribution in [1.82, 2.24) is 15.5 Å². The molecule has 27 heavy (non-hydrogen) atoms. The fourth-order valence-corrected chi connectivity index (χ4v) is 3.76. The number of nitrogens with one attached hydrogen (secondary N) is 2. The third kappa shape index (κ3) is 4.24. The molecule has 146 valence electrons. The molecule has 1 aromatic carbocycles. The molecule has 1 fully saturated rings. The Labute approximate surface area is 159 Å². The predicted molar refractivity (Wildman–Crippen MR) is 101 cm³/mol. The number of benzene rings is 1. The molecule has 2 N–H and O–H groups in total. The molecule has 1 saturated heterocycles. The summed E-state index contributed by atoms with van der Waals surface area (Å²) in [4.78, 5) is 27.3. The standard InChI is InChI=1S/C20H27N3O4/c1-13-7-4-5-10-23(13)12-16-17(19(24)27-3)18(22-20(25)21-16)14-8-6-9-15(11-14)26-2/h6,8-9,11,13,18H,4-5,7,10,12H2,1-3H3,(H2,21,22,25)/t13-,18-/m1/s1. The molecule has 2 aliphatic rings. The van der Waals surface area contributed by atoms with Crippen LogP contribution < -0.4 is 15.4 Å². The molecule has 0 unspecified atom stereocenters. The molecule has 0 bridgehead atoms. The zero-order valence-electron chi connectivity index (χ0n) is 16.1. The number of piperidine rings is 1. The van der Waals surface area contributed by atoms with Gasteiger partial charge in [-0.15, -0.1) is 0 Å². The lowest BCUT2D eigenvalue weighted by Crippen LogP contribution is -2.50. The summed E-state index contributed by atoms with van der Waals surface area (Å²) in [5.41, 5.74) is 1.81. The zero-order chi connectivity index (χ0) is 19.4. The molecule has 0 radical (unpaired) electrons. The Morgan fingerprint density at radius 1 is 1.30 bits per heavy atom. The fourth-order valence-electron chi connectivity index (χ4n) is 3.76. The van der Waals surface area contributed by atoms with Gasteiger partial charge in [0.1, 0.15) is 5.75 Å². The molecule has 0 saturated carbocycles. The van der Waals surface area contributed by atoms with Crippen molar-refractivity contribution in [2.45, 2.75) is 38.3 Å². The quantitative estimate of drug-likeness (QED) is 0.775. The first-order chi connectivity index (χ1) is 13.0. The van der Waals surface area contributed by atoms with Crippen molar-refractivity contribution in [1.29, 1.82) is 0 Å². The van der Waals surface area contributed by atoms with Crippen molar-refractivity contribution in [3.63, 3.8) is 0 Å². The third-order valence-electron chi connectivity index (χ3n) is 5.29. The number of carbonyl (C=O) groups is 2. The molecule has 0 spiro atoms. The average Bonchev–Trinajstić information content (AvgIpc) is 2.69. The topological polar surface area (TPSA) is 79.9 Å². The van der Waals surface area contributed by atoms with Crippen molar-refractivity contribution in [2.24, 2.45) is 0 Å². The Morgan fingerprint density at radius 3 is 2.81 bits per heavy atom. The molecule has 2 atom stereocenters. The molecule has 7 nitrogen and oxygen atoms in total. The number of urea groups is 1. The van der Waals surface area contributed by atoms with E-state index in [9.17, 15) is 9.59 Å². The van der Waals surface area contributed by atoms with Gasteiger partial charge in [-0.2, -0.15) is 0 Å². The van der Waals surface area contributed by atoms with Gasteiger partial charge >= 0.3 is 12.0 Å². The largest absolute Gasteiger partial charge is 0.497 e. The smallest absolute Gasteiger partial charge is 0.338 e. The zero-order valence-corrected chi connectivity index (χ0v) is 16.1. The van der Waals surface area contributed by atoms with E-state index in [0.717, 1.165) is 24.9 Å². The lowest BCUT2D eigenvalue weighted by atomic mass is 9.94. The fraction of sp³-hybridized carbons (Fsp3) is 0.500. The number of likely N-dealkylation sites (tertiary alicyclic amines) is 1. The lowest BCUT2D eigenvalue weighted by Gasteiger charge is -2.36. The van der Waals surface area contributed by atoms with Gasteiger partial charge < -0.3 is 20.1 Å². The number of amides is 2. The van der Waals surface area contributed by atoms with Crippen LogP contribution in [0.1, 0.15) is 37.8 Å². The Bertz CT molecular complexity index is 746. The molecular formula is C20H27N3O4. The summed E-state index contributed by atoms with van der Waals surface area (Å²) in [6.07, 6.45) is 3.45. The van der Waals surface area contributed by atoms with E-state index >= 15 is 0 Å². The molecule has 0 aromatic heterocycles. The van der Waals surface area contributed by atoms with Gasteiger partial charge in [0.2, 0.25) is 0 Å². The molecule has 7 heteroatoms. The van der Waals surface area contributed by atoms with Crippen LogP contribution in [0.15, 0.2) is 35.5 Å². The second-order valence-corrected chi connectivity index (χ2v) is 7.01. The van der Waals surface area contributed by atoms with E-state index < -0.39 is 12.0 Å². The summed E-state index contributed by atoms with van der Waals surface area (Å²) < 4.78 is 10.3. The van der Waals surface area contributed by atoms with E-state index in [4.69, 9.17) is 9.47 Å². The Balaban J connectivity index is 2.00. The number of nitrogens with zero attached hydrogens (tertiary/aromatic N) is 1. The van der Waals surface area contributed by atoms with Crippen LogP contribution in [0, 0.1) is 0 Å². The second-order valence-electron chi connectivity index (χ2n) is 7.01. The maximum Gasteiger partial charge on any atom is 0.338 e. The lowest BCUT2D eigenvalue weighted by molar-refractivity contribution is -0.136. The van der Waals surface area contributed by atoms with Crippen molar-refractivity contribution < 1.29 is 19.1 Å². The highest BCUT2D eigenvalue weighted by Crippen LogP contribution is 2.30. The first kappa shape index (κ1) is 19.2. The minimum atomic E-state index is -0.587. The van der Waals surface area contributed by atoms with Gasteiger partial charge in [-0.1, -0.05) is 18.6 Å². The van der Waals surface area contributed by atoms with Crippen LogP contribution in [0.3, 0.4) is 0 Å². The second kappa shape index (κ2) is 8.43. The summed E-state index contributed by atoms with van der Waals surface area (Å²) >= 11 is 0. The van der Waals surface area contributed by atoms with Crippen LogP contribution in [0.25, 0.3) is 0 Å². The molecule has 2 heterocycles. The van der Waals surface area contributed by atoms with Crippen molar-refractivity contribution in [3.8, 4) is 5.75 Å². The van der Waals surface area contributed by atoms with Gasteiger partial charge in [0.25, 0.3) is 0 Å². The van der Waals surface area contributed by atoms with Gasteiger partial charge in [0, 0.05) is 18.3 Å². The normalized spacial score (nSPS) is 23.4. The van der Waals surface area contributed by atoms with Crippen LogP contribution >= 0.6 is 0 Å². The summed E-state index contributed by atoms with van der Waals surface area (Å²) in [6.45, 7) is 3.64. The number of rotatable bonds is 5. The van der Waals surface area contributed by atoms with Crippen LogP contribution in [-0.4, -0.2) is 50.3 Å². The van der Waals surface area contributed by atoms with E-state index in [1.807, 2.05) is 24.3 Å². The van der Waals surface area contributed by atoms with E-state index in [-0.39, 0.29) is 6.03 Å². The van der Waals surface area contributed by atoms with E-state index in [1.54, 1.807) is 7.11 Å². The maximum absolute atomic E-state index is 12.6. The van der Waals surface area contributed by atoms with Crippen LogP contribution in [0.4, 0.5) is 4.79 Å². The minimum Gasteiger partial charge on any atom is -0.497 e. The Hall–Kier alpha value is -2.54. The molecule has 0 aliphatic carbocycles. The minimum absolute atomic E-state index is 0.324. The summed E-state index contributed by atoms with van der Waals surface area (Å²) in [5.74, 6) is 0.214. The first-order valence-electron chi connectivity index (χ1n) is 9.30. The van der Waals surface area contributed by atoms with Crippen LogP contribution in [0.2, 0.25) is 0 Å². The Kier molecular flexibility index (Phi) is 6.01. The number of ether oxygens (including phenoxy) is 2. The first-order valence-corrected chi connectivity index (χ1v) is 9.30. The molecule has 2 aliphatic heterocycles. The van der Waals surface area contributed by atoms with Crippen LogP contribution in [-0.2, 0) is 9.53 Å². The van der Waals surface area contributed by atoms with Gasteiger partial charge in [-0.05, 0) is 44.0 Å². The van der Waals surface area contributed by atoms with Crippen molar-refractivity contribution in [3.05, 3.63) is 41.1 Å². The van der Waals surface area contributed by atoms with Gasteiger partial charge in [0.05, 0.1) is 25.8 Å². The van der Waals surface area contributed by atoms with E-state index in [1.165, 1.54) is 13.5 Å². The number of esters is 1. The van der Waals surface area contributed by atoms with Crippen LogP contribution in [0.5, 0.6) is 5.75 Å². The Morgan fingerprint density at radius 2 is 2.11 bits per heavy atom. The monoisotopic (exact) mass is 373 g/mol. The SMILES string of the molecule is COC(=O)C1=C(CN2CCCC[C@H]2C)NC(=O)N[C@@H]1c1cccc(OC)c1. The maximum atomic E-state index is 12.6. The summed E-state index contributed by atoms with van der Waals surface area (Å²) in [5, 5.41) is 5.68. The third-order valence-corrected chi connectivity index (χ3v) is 5.29. The summed E-state index contributed by atoms with van der Waals surface area (Å²) in [6, 6.07) is 6.84. The van der Waals surface area contributed by atoms with Crippen molar-refractivity contribution in [2.75, 3.05) is 27.3 Å². The van der Waals surface area contributed by atoms with Gasteiger partial charge in [-0.25, -0.2) is 9.59 Å². The highest BCUT2D eigenvalue weighted by atomic mass is 16.5. The predicted octanol–water partition coefficient (Wildman–Crippen LogP) is 2.35. The number of carbonyl (C=O) groups excluding carboxylic acids is 2. The van der Waals surface area contributed by atoms with Gasteiger partial charge in [0.15, 0.2) is 0 Å². The highest BCUT2D eigenvalue weighted by Gasteiger charge is 2.35. The van der Waals surface area contributed by atoms with E-state index in [0.29, 0.717) is 29.6 Å². The van der Waals surface area contributed by atoms with Gasteiger partial charge in [-0.3, -0.25) is 4.90 Å². The molecule has 1 aromatic rings. The number of hydrogen-bond acceptors (Lipinski definition) is 5.